The van der Waals surface area contributed by atoms with Gasteiger partial charge in [0.15, 0.2) is 0 Å². The number of ether oxygens (including phenoxy) is 1. The van der Waals surface area contributed by atoms with Crippen molar-refractivity contribution in [1.29, 1.82) is 0 Å². The summed E-state index contributed by atoms with van der Waals surface area (Å²) in [6.07, 6.45) is 0. The van der Waals surface area contributed by atoms with E-state index in [-0.39, 0.29) is 0 Å². The predicted molar refractivity (Wildman–Crippen MR) is 62.4 cm³/mol. The van der Waals surface area contributed by atoms with Gasteiger partial charge in [-0.25, -0.2) is 0 Å². The van der Waals surface area contributed by atoms with E-state index >= 15 is 0 Å². The molecule has 1 aromatic rings. The number of anilines is 1. The molecule has 1 aromatic carbocycles. The Labute approximate surface area is 98.5 Å². The Morgan fingerprint density at radius 3 is 2.53 bits per heavy atom. The standard InChI is InChI=1S/C10H11Cl2NO2/c1-6-4-9(15-3)7(11)5-8(6)13(2)10(12)14/h4-5H,1-3H3. The van der Waals surface area contributed by atoms with E-state index in [0.717, 1.165) is 5.56 Å². The van der Waals surface area contributed by atoms with Crippen LogP contribution in [0.2, 0.25) is 5.02 Å². The second-order valence-corrected chi connectivity index (χ2v) is 3.82. The lowest BCUT2D eigenvalue weighted by Crippen LogP contribution is -2.20. The normalized spacial score (nSPS) is 9.93. The maximum Gasteiger partial charge on any atom is 0.320 e. The number of benzene rings is 1. The van der Waals surface area contributed by atoms with Crippen molar-refractivity contribution >= 4 is 34.3 Å². The second-order valence-electron chi connectivity index (χ2n) is 3.09. The zero-order valence-corrected chi connectivity index (χ0v) is 10.2. The number of amides is 1. The number of hydrogen-bond donors (Lipinski definition) is 0. The average Bonchev–Trinajstić information content (AvgIpc) is 2.19. The van der Waals surface area contributed by atoms with Crippen molar-refractivity contribution in [3.05, 3.63) is 22.7 Å². The highest BCUT2D eigenvalue weighted by Gasteiger charge is 2.13. The fraction of sp³-hybridized carbons (Fsp3) is 0.300. The smallest absolute Gasteiger partial charge is 0.320 e. The van der Waals surface area contributed by atoms with Crippen LogP contribution in [0.4, 0.5) is 10.5 Å². The SMILES string of the molecule is COc1cc(C)c(N(C)C(=O)Cl)cc1Cl. The van der Waals surface area contributed by atoms with Crippen LogP contribution < -0.4 is 9.64 Å². The van der Waals surface area contributed by atoms with E-state index in [1.807, 2.05) is 6.92 Å². The molecule has 0 fully saturated rings. The van der Waals surface area contributed by atoms with Crippen molar-refractivity contribution in [1.82, 2.24) is 0 Å². The fourth-order valence-corrected chi connectivity index (χ4v) is 1.58. The number of halogens is 2. The molecule has 0 aliphatic heterocycles. The Bertz CT molecular complexity index is 393. The van der Waals surface area contributed by atoms with Gasteiger partial charge < -0.3 is 9.64 Å². The molecular weight excluding hydrogens is 237 g/mol. The first-order chi connectivity index (χ1) is 6.97. The van der Waals surface area contributed by atoms with Gasteiger partial charge in [-0.1, -0.05) is 11.6 Å². The minimum atomic E-state index is -0.556. The van der Waals surface area contributed by atoms with Crippen molar-refractivity contribution in [3.8, 4) is 5.75 Å². The Morgan fingerprint density at radius 2 is 2.07 bits per heavy atom. The van der Waals surface area contributed by atoms with Crippen molar-refractivity contribution in [2.24, 2.45) is 0 Å². The zero-order chi connectivity index (χ0) is 11.6. The van der Waals surface area contributed by atoms with E-state index in [4.69, 9.17) is 27.9 Å². The van der Waals surface area contributed by atoms with E-state index < -0.39 is 5.37 Å². The van der Waals surface area contributed by atoms with E-state index in [9.17, 15) is 4.79 Å². The average molecular weight is 248 g/mol. The molecule has 0 spiro atoms. The Kier molecular flexibility index (Phi) is 3.83. The van der Waals surface area contributed by atoms with Gasteiger partial charge in [0.2, 0.25) is 0 Å². The molecule has 0 aromatic heterocycles. The summed E-state index contributed by atoms with van der Waals surface area (Å²) in [5, 5.41) is -0.109. The predicted octanol–water partition coefficient (Wildman–Crippen LogP) is 3.45. The minimum Gasteiger partial charge on any atom is -0.495 e. The molecule has 0 heterocycles. The minimum absolute atomic E-state index is 0.447. The maximum atomic E-state index is 11.0. The largest absolute Gasteiger partial charge is 0.495 e. The summed E-state index contributed by atoms with van der Waals surface area (Å²) in [6.45, 7) is 1.85. The van der Waals surface area contributed by atoms with Crippen LogP contribution in [0, 0.1) is 6.92 Å². The molecule has 15 heavy (non-hydrogen) atoms. The molecule has 0 saturated carbocycles. The Hall–Kier alpha value is -0.930. The van der Waals surface area contributed by atoms with Gasteiger partial charge in [0, 0.05) is 12.7 Å². The Morgan fingerprint density at radius 1 is 1.47 bits per heavy atom. The van der Waals surface area contributed by atoms with Gasteiger partial charge in [0.05, 0.1) is 12.1 Å². The number of methoxy groups -OCH3 is 1. The summed E-state index contributed by atoms with van der Waals surface area (Å²) in [5.41, 5.74) is 1.54. The van der Waals surface area contributed by atoms with Gasteiger partial charge in [-0.2, -0.15) is 0 Å². The zero-order valence-electron chi connectivity index (χ0n) is 8.67. The first-order valence-electron chi connectivity index (χ1n) is 4.24. The monoisotopic (exact) mass is 247 g/mol. The lowest BCUT2D eigenvalue weighted by atomic mass is 10.2. The fourth-order valence-electron chi connectivity index (χ4n) is 1.26. The molecule has 0 atom stereocenters. The lowest BCUT2D eigenvalue weighted by molar-refractivity contribution is 0.265. The van der Waals surface area contributed by atoms with Gasteiger partial charge in [0.1, 0.15) is 5.75 Å². The third-order valence-corrected chi connectivity index (χ3v) is 2.64. The highest BCUT2D eigenvalue weighted by molar-refractivity contribution is 6.66. The topological polar surface area (TPSA) is 29.5 Å². The summed E-state index contributed by atoms with van der Waals surface area (Å²) in [7, 11) is 3.12. The molecule has 0 saturated heterocycles. The van der Waals surface area contributed by atoms with Crippen LogP contribution in [0.5, 0.6) is 5.75 Å². The van der Waals surface area contributed by atoms with E-state index in [0.29, 0.717) is 16.5 Å². The van der Waals surface area contributed by atoms with Gasteiger partial charge in [-0.15, -0.1) is 0 Å². The third kappa shape index (κ3) is 2.55. The molecule has 1 amide bonds. The summed E-state index contributed by atoms with van der Waals surface area (Å²) >= 11 is 11.3. The molecule has 0 N–H and O–H groups in total. The van der Waals surface area contributed by atoms with Crippen molar-refractivity contribution in [2.75, 3.05) is 19.1 Å². The number of carbonyl (C=O) groups is 1. The highest BCUT2D eigenvalue weighted by atomic mass is 35.5. The van der Waals surface area contributed by atoms with Crippen molar-refractivity contribution in [3.63, 3.8) is 0 Å². The van der Waals surface area contributed by atoms with Crippen LogP contribution in [0.3, 0.4) is 0 Å². The number of rotatable bonds is 2. The van der Waals surface area contributed by atoms with E-state index in [1.165, 1.54) is 12.0 Å². The molecule has 0 aliphatic rings. The quantitative estimate of drug-likeness (QED) is 0.592. The van der Waals surface area contributed by atoms with Crippen molar-refractivity contribution in [2.45, 2.75) is 6.92 Å². The van der Waals surface area contributed by atoms with Crippen LogP contribution in [-0.4, -0.2) is 19.5 Å². The van der Waals surface area contributed by atoms with Gasteiger partial charge in [-0.3, -0.25) is 4.79 Å². The molecule has 0 aliphatic carbocycles. The Balaban J connectivity index is 3.21. The molecular formula is C10H11Cl2NO2. The lowest BCUT2D eigenvalue weighted by Gasteiger charge is -2.17. The summed E-state index contributed by atoms with van der Waals surface area (Å²) in [5.74, 6) is 0.577. The van der Waals surface area contributed by atoms with Gasteiger partial charge in [-0.05, 0) is 36.2 Å². The van der Waals surface area contributed by atoms with Crippen LogP contribution in [-0.2, 0) is 0 Å². The summed E-state index contributed by atoms with van der Waals surface area (Å²) < 4.78 is 5.05. The first-order valence-corrected chi connectivity index (χ1v) is 5.00. The third-order valence-electron chi connectivity index (χ3n) is 2.10. The number of nitrogens with zero attached hydrogens (tertiary/aromatic N) is 1. The van der Waals surface area contributed by atoms with Crippen molar-refractivity contribution < 1.29 is 9.53 Å². The number of aryl methyl sites for hydroxylation is 1. The van der Waals surface area contributed by atoms with Crippen LogP contribution in [0.15, 0.2) is 12.1 Å². The van der Waals surface area contributed by atoms with Gasteiger partial charge in [0.25, 0.3) is 0 Å². The maximum absolute atomic E-state index is 11.0. The second kappa shape index (κ2) is 4.73. The molecule has 1 rings (SSSR count). The molecule has 3 nitrogen and oxygen atoms in total. The van der Waals surface area contributed by atoms with Crippen LogP contribution in [0.1, 0.15) is 5.56 Å². The molecule has 0 bridgehead atoms. The van der Waals surface area contributed by atoms with Gasteiger partial charge >= 0.3 is 5.37 Å². The number of carbonyl (C=O) groups excluding carboxylic acids is 1. The molecule has 82 valence electrons. The molecule has 0 radical (unpaired) electrons. The van der Waals surface area contributed by atoms with E-state index in [2.05, 4.69) is 0 Å². The first kappa shape index (κ1) is 12.1. The van der Waals surface area contributed by atoms with Crippen LogP contribution >= 0.6 is 23.2 Å². The molecule has 5 heteroatoms. The molecule has 0 unspecified atom stereocenters. The summed E-state index contributed by atoms with van der Waals surface area (Å²) in [4.78, 5) is 12.3. The van der Waals surface area contributed by atoms with E-state index in [1.54, 1.807) is 19.2 Å². The summed E-state index contributed by atoms with van der Waals surface area (Å²) in [6, 6.07) is 3.41. The number of hydrogen-bond acceptors (Lipinski definition) is 2. The highest BCUT2D eigenvalue weighted by Crippen LogP contribution is 2.32. The van der Waals surface area contributed by atoms with Crippen LogP contribution in [0.25, 0.3) is 0 Å².